The zero-order valence-corrected chi connectivity index (χ0v) is 11.3. The summed E-state index contributed by atoms with van der Waals surface area (Å²) in [7, 11) is 0. The molecule has 1 N–H and O–H groups in total. The monoisotopic (exact) mass is 332 g/mol. The van der Waals surface area contributed by atoms with Gasteiger partial charge in [0, 0.05) is 21.5 Å². The molecule has 2 aromatic rings. The average molecular weight is 332 g/mol. The largest absolute Gasteiger partial charge is 0.306 e. The van der Waals surface area contributed by atoms with E-state index >= 15 is 0 Å². The minimum Gasteiger partial charge on any atom is -0.306 e. The van der Waals surface area contributed by atoms with Crippen LogP contribution in [0.1, 0.15) is 9.75 Å². The number of halogens is 1. The fourth-order valence-corrected chi connectivity index (χ4v) is 2.58. The summed E-state index contributed by atoms with van der Waals surface area (Å²) in [6.45, 7) is 4.08. The minimum absolute atomic E-state index is 0.0798. The second kappa shape index (κ2) is 4.05. The molecule has 0 amide bonds. The molecule has 0 saturated heterocycles. The number of nitrogens with zero attached hydrogens (tertiary/aromatic N) is 1. The molecule has 3 nitrogen and oxygen atoms in total. The fourth-order valence-electron chi connectivity index (χ4n) is 1.38. The molecule has 0 spiro atoms. The van der Waals surface area contributed by atoms with Gasteiger partial charge in [-0.25, -0.2) is 4.98 Å². The molecule has 78 valence electrons. The summed E-state index contributed by atoms with van der Waals surface area (Å²) in [5, 5.41) is 0. The molecule has 0 bridgehead atoms. The molecule has 2 aromatic heterocycles. The Kier molecular flexibility index (Phi) is 2.92. The van der Waals surface area contributed by atoms with Crippen molar-refractivity contribution in [3.63, 3.8) is 0 Å². The smallest absolute Gasteiger partial charge is 0.264 e. The first-order valence-electron chi connectivity index (χ1n) is 4.40. The van der Waals surface area contributed by atoms with Crippen LogP contribution in [0, 0.1) is 17.4 Å². The van der Waals surface area contributed by atoms with Gasteiger partial charge in [-0.2, -0.15) is 0 Å². The minimum atomic E-state index is -0.0798. The Morgan fingerprint density at radius 2 is 2.20 bits per heavy atom. The Morgan fingerprint density at radius 3 is 2.73 bits per heavy atom. The standard InChI is InChI=1S/C10H9IN2OS/c1-5-3-7(6(2)15-5)9-12-4-8(11)10(14)13-9/h3-4H,1-2H3,(H,12,13,14). The Bertz CT molecular complexity index is 559. The van der Waals surface area contributed by atoms with Crippen molar-refractivity contribution < 1.29 is 0 Å². The highest BCUT2D eigenvalue weighted by Gasteiger charge is 2.08. The van der Waals surface area contributed by atoms with Gasteiger partial charge in [-0.05, 0) is 42.5 Å². The van der Waals surface area contributed by atoms with Gasteiger partial charge in [0.05, 0.1) is 3.57 Å². The van der Waals surface area contributed by atoms with Crippen molar-refractivity contribution in [3.05, 3.63) is 35.9 Å². The molecule has 0 aliphatic heterocycles. The summed E-state index contributed by atoms with van der Waals surface area (Å²) in [4.78, 5) is 20.8. The zero-order valence-electron chi connectivity index (χ0n) is 8.30. The number of hydrogen-bond donors (Lipinski definition) is 1. The molecule has 15 heavy (non-hydrogen) atoms. The molecule has 2 rings (SSSR count). The molecule has 5 heteroatoms. The highest BCUT2D eigenvalue weighted by atomic mass is 127. The molecule has 2 heterocycles. The molecule has 0 aliphatic carbocycles. The van der Waals surface area contributed by atoms with E-state index in [0.29, 0.717) is 9.39 Å². The van der Waals surface area contributed by atoms with Crippen molar-refractivity contribution >= 4 is 33.9 Å². The first kappa shape index (κ1) is 10.8. The van der Waals surface area contributed by atoms with Crippen molar-refractivity contribution in [1.82, 2.24) is 9.97 Å². The number of nitrogens with one attached hydrogen (secondary N) is 1. The molecule has 0 saturated carbocycles. The van der Waals surface area contributed by atoms with Gasteiger partial charge in [-0.1, -0.05) is 0 Å². The van der Waals surface area contributed by atoms with Crippen molar-refractivity contribution in [2.45, 2.75) is 13.8 Å². The fraction of sp³-hybridized carbons (Fsp3) is 0.200. The van der Waals surface area contributed by atoms with E-state index in [4.69, 9.17) is 0 Å². The second-order valence-corrected chi connectivity index (χ2v) is 5.86. The van der Waals surface area contributed by atoms with Gasteiger partial charge in [0.25, 0.3) is 5.56 Å². The van der Waals surface area contributed by atoms with Crippen LogP contribution in [0.2, 0.25) is 0 Å². The summed E-state index contributed by atoms with van der Waals surface area (Å²) < 4.78 is 0.612. The van der Waals surface area contributed by atoms with Crippen LogP contribution >= 0.6 is 33.9 Å². The Hall–Kier alpha value is -0.690. The van der Waals surface area contributed by atoms with E-state index in [9.17, 15) is 4.79 Å². The maximum Gasteiger partial charge on any atom is 0.264 e. The third kappa shape index (κ3) is 2.12. The van der Waals surface area contributed by atoms with Gasteiger partial charge in [-0.15, -0.1) is 11.3 Å². The number of aryl methyl sites for hydroxylation is 2. The van der Waals surface area contributed by atoms with Crippen molar-refractivity contribution in [2.75, 3.05) is 0 Å². The van der Waals surface area contributed by atoms with Crippen LogP contribution in [0.15, 0.2) is 17.1 Å². The van der Waals surface area contributed by atoms with E-state index in [1.54, 1.807) is 17.5 Å². The van der Waals surface area contributed by atoms with Crippen LogP contribution in [0.3, 0.4) is 0 Å². The van der Waals surface area contributed by atoms with Gasteiger partial charge in [-0.3, -0.25) is 4.79 Å². The van der Waals surface area contributed by atoms with Crippen LogP contribution in [-0.4, -0.2) is 9.97 Å². The molecular formula is C10H9IN2OS. The number of H-pyrrole nitrogens is 1. The maximum absolute atomic E-state index is 11.4. The lowest BCUT2D eigenvalue weighted by Crippen LogP contribution is -2.11. The van der Waals surface area contributed by atoms with Gasteiger partial charge in [0.2, 0.25) is 0 Å². The summed E-state index contributed by atoms with van der Waals surface area (Å²) in [6, 6.07) is 2.05. The third-order valence-electron chi connectivity index (χ3n) is 2.05. The summed E-state index contributed by atoms with van der Waals surface area (Å²) >= 11 is 3.68. The van der Waals surface area contributed by atoms with E-state index < -0.39 is 0 Å². The lowest BCUT2D eigenvalue weighted by atomic mass is 10.2. The highest BCUT2D eigenvalue weighted by molar-refractivity contribution is 14.1. The number of aromatic nitrogens is 2. The molecular weight excluding hydrogens is 323 g/mol. The number of rotatable bonds is 1. The van der Waals surface area contributed by atoms with Crippen LogP contribution in [0.25, 0.3) is 11.4 Å². The topological polar surface area (TPSA) is 45.8 Å². The summed E-state index contributed by atoms with van der Waals surface area (Å²) in [5.74, 6) is 0.655. The van der Waals surface area contributed by atoms with Crippen LogP contribution in [0.5, 0.6) is 0 Å². The van der Waals surface area contributed by atoms with E-state index in [1.165, 1.54) is 9.75 Å². The Labute approximate surface area is 105 Å². The number of aromatic amines is 1. The van der Waals surface area contributed by atoms with Crippen LogP contribution in [0.4, 0.5) is 0 Å². The van der Waals surface area contributed by atoms with E-state index in [2.05, 4.69) is 9.97 Å². The van der Waals surface area contributed by atoms with Crippen molar-refractivity contribution in [2.24, 2.45) is 0 Å². The van der Waals surface area contributed by atoms with Crippen LogP contribution in [-0.2, 0) is 0 Å². The quantitative estimate of drug-likeness (QED) is 0.816. The van der Waals surface area contributed by atoms with E-state index in [-0.39, 0.29) is 5.56 Å². The van der Waals surface area contributed by atoms with Gasteiger partial charge in [0.1, 0.15) is 5.82 Å². The lowest BCUT2D eigenvalue weighted by Gasteiger charge is -1.98. The molecule has 0 unspecified atom stereocenters. The summed E-state index contributed by atoms with van der Waals surface area (Å²) in [6.07, 6.45) is 1.60. The van der Waals surface area contributed by atoms with Gasteiger partial charge >= 0.3 is 0 Å². The lowest BCUT2D eigenvalue weighted by molar-refractivity contribution is 1.11. The Balaban J connectivity index is 2.59. The molecule has 0 fully saturated rings. The zero-order chi connectivity index (χ0) is 11.0. The third-order valence-corrected chi connectivity index (χ3v) is 3.79. The first-order chi connectivity index (χ1) is 7.08. The molecule has 0 atom stereocenters. The molecule has 0 aliphatic rings. The Morgan fingerprint density at radius 1 is 1.47 bits per heavy atom. The van der Waals surface area contributed by atoms with E-state index in [0.717, 1.165) is 5.56 Å². The first-order valence-corrected chi connectivity index (χ1v) is 6.29. The normalized spacial score (nSPS) is 10.6. The van der Waals surface area contributed by atoms with E-state index in [1.807, 2.05) is 42.5 Å². The number of thiophene rings is 1. The predicted octanol–water partition coefficient (Wildman–Crippen LogP) is 2.72. The molecule has 0 radical (unpaired) electrons. The summed E-state index contributed by atoms with van der Waals surface area (Å²) in [5.41, 5.74) is 0.940. The second-order valence-electron chi connectivity index (χ2n) is 3.24. The predicted molar refractivity (Wildman–Crippen MR) is 70.4 cm³/mol. The molecule has 0 aromatic carbocycles. The maximum atomic E-state index is 11.4. The van der Waals surface area contributed by atoms with Crippen LogP contribution < -0.4 is 5.56 Å². The van der Waals surface area contributed by atoms with Gasteiger partial charge < -0.3 is 4.98 Å². The SMILES string of the molecule is Cc1cc(-c2ncc(I)c(=O)[nH]2)c(C)s1. The van der Waals surface area contributed by atoms with Crippen molar-refractivity contribution in [3.8, 4) is 11.4 Å². The van der Waals surface area contributed by atoms with Crippen molar-refractivity contribution in [1.29, 1.82) is 0 Å². The van der Waals surface area contributed by atoms with Gasteiger partial charge in [0.15, 0.2) is 0 Å². The number of hydrogen-bond acceptors (Lipinski definition) is 3. The average Bonchev–Trinajstić information content (AvgIpc) is 2.50. The highest BCUT2D eigenvalue weighted by Crippen LogP contribution is 2.27.